The topological polar surface area (TPSA) is 39.6 Å². The molecule has 0 unspecified atom stereocenters. The number of benzene rings is 1. The normalized spacial score (nSPS) is 17.5. The zero-order valence-electron chi connectivity index (χ0n) is 15.7. The van der Waals surface area contributed by atoms with E-state index >= 15 is 0 Å². The molecule has 2 aromatic rings. The predicted octanol–water partition coefficient (Wildman–Crippen LogP) is 3.21. The number of aliphatic hydroxyl groups is 1. The Bertz CT molecular complexity index is 803. The second-order valence-corrected chi connectivity index (χ2v) is 7.53. The van der Waals surface area contributed by atoms with Crippen LogP contribution in [0.4, 0.5) is 5.69 Å². The van der Waals surface area contributed by atoms with Gasteiger partial charge in [-0.25, -0.2) is 0 Å². The van der Waals surface area contributed by atoms with Gasteiger partial charge in [-0.2, -0.15) is 0 Å². The maximum Gasteiger partial charge on any atom is 0.0777 e. The average molecular weight is 349 g/mol. The fraction of sp³-hybridized carbons (Fsp3) is 0.409. The molecule has 0 atom stereocenters. The molecule has 26 heavy (non-hydrogen) atoms. The smallest absolute Gasteiger partial charge is 0.0777 e. The van der Waals surface area contributed by atoms with Gasteiger partial charge in [-0.15, -0.1) is 0 Å². The van der Waals surface area contributed by atoms with Crippen LogP contribution in [0.25, 0.3) is 17.3 Å². The van der Waals surface area contributed by atoms with E-state index in [1.807, 2.05) is 6.20 Å². The Morgan fingerprint density at radius 1 is 1.04 bits per heavy atom. The number of pyridine rings is 1. The van der Waals surface area contributed by atoms with Crippen LogP contribution in [0.5, 0.6) is 0 Å². The number of hydrogen-bond acceptors (Lipinski definition) is 4. The van der Waals surface area contributed by atoms with Crippen LogP contribution in [0.3, 0.4) is 0 Å². The first-order chi connectivity index (χ1) is 12.7. The Morgan fingerprint density at radius 2 is 1.77 bits per heavy atom. The molecule has 1 aliphatic carbocycles. The van der Waals surface area contributed by atoms with E-state index in [2.05, 4.69) is 65.0 Å². The summed E-state index contributed by atoms with van der Waals surface area (Å²) in [6, 6.07) is 11.5. The molecule has 4 nitrogen and oxygen atoms in total. The van der Waals surface area contributed by atoms with Crippen LogP contribution in [0.2, 0.25) is 0 Å². The third-order valence-electron chi connectivity index (χ3n) is 5.60. The summed E-state index contributed by atoms with van der Waals surface area (Å²) in [4.78, 5) is 9.62. The summed E-state index contributed by atoms with van der Waals surface area (Å²) in [6.07, 6.45) is 4.80. The molecule has 1 N–H and O–H groups in total. The largest absolute Gasteiger partial charge is 0.392 e. The Kier molecular flexibility index (Phi) is 4.79. The first kappa shape index (κ1) is 17.3. The van der Waals surface area contributed by atoms with Gasteiger partial charge in [-0.3, -0.25) is 9.88 Å². The quantitative estimate of drug-likeness (QED) is 0.920. The molecule has 1 aromatic carbocycles. The Balaban J connectivity index is 1.53. The highest BCUT2D eigenvalue weighted by Gasteiger charge is 2.20. The third kappa shape index (κ3) is 3.27. The Hall–Kier alpha value is -2.17. The molecule has 1 aromatic heterocycles. The summed E-state index contributed by atoms with van der Waals surface area (Å²) in [5.74, 6) is 0. The fourth-order valence-electron chi connectivity index (χ4n) is 3.99. The molecule has 0 saturated carbocycles. The number of rotatable bonds is 4. The molecule has 0 spiro atoms. The number of aliphatic hydroxyl groups excluding tert-OH is 1. The van der Waals surface area contributed by atoms with E-state index in [-0.39, 0.29) is 6.61 Å². The van der Waals surface area contributed by atoms with E-state index in [4.69, 9.17) is 0 Å². The molecule has 1 aliphatic heterocycles. The summed E-state index contributed by atoms with van der Waals surface area (Å²) in [6.45, 7) is 9.08. The number of aromatic nitrogens is 1. The van der Waals surface area contributed by atoms with E-state index in [0.717, 1.165) is 55.0 Å². The van der Waals surface area contributed by atoms with Gasteiger partial charge in [0.15, 0.2) is 0 Å². The zero-order valence-corrected chi connectivity index (χ0v) is 15.7. The van der Waals surface area contributed by atoms with Gasteiger partial charge in [-0.1, -0.05) is 18.2 Å². The van der Waals surface area contributed by atoms with Crippen LogP contribution in [0, 0.1) is 0 Å². The van der Waals surface area contributed by atoms with Crippen molar-refractivity contribution < 1.29 is 5.11 Å². The van der Waals surface area contributed by atoms with Crippen molar-refractivity contribution in [1.29, 1.82) is 0 Å². The van der Waals surface area contributed by atoms with Crippen molar-refractivity contribution >= 4 is 11.8 Å². The highest BCUT2D eigenvalue weighted by atomic mass is 16.3. The van der Waals surface area contributed by atoms with Gasteiger partial charge in [0.1, 0.15) is 0 Å². The van der Waals surface area contributed by atoms with Gasteiger partial charge in [0.25, 0.3) is 0 Å². The maximum atomic E-state index is 9.44. The summed E-state index contributed by atoms with van der Waals surface area (Å²) < 4.78 is 0. The first-order valence-electron chi connectivity index (χ1n) is 9.53. The van der Waals surface area contributed by atoms with Gasteiger partial charge in [0, 0.05) is 55.2 Å². The Morgan fingerprint density at radius 3 is 2.42 bits per heavy atom. The van der Waals surface area contributed by atoms with Crippen LogP contribution < -0.4 is 4.90 Å². The Labute approximate surface area is 155 Å². The fourth-order valence-corrected chi connectivity index (χ4v) is 3.99. The standard InChI is InChI=1S/C22H27N3O/c1-16(2)24-9-11-25(12-10-24)20-5-3-18(4-6-20)22-21-14-17(15-26)13-19(21)7-8-23-22/h3-8,14,16,26H,9-13,15H2,1-2H3. The minimum Gasteiger partial charge on any atom is -0.392 e. The lowest BCUT2D eigenvalue weighted by Gasteiger charge is -2.38. The lowest BCUT2D eigenvalue weighted by Crippen LogP contribution is -2.48. The number of fused-ring (bicyclic) bond motifs is 1. The van der Waals surface area contributed by atoms with Crippen molar-refractivity contribution in [2.75, 3.05) is 37.7 Å². The summed E-state index contributed by atoms with van der Waals surface area (Å²) in [7, 11) is 0. The van der Waals surface area contributed by atoms with Crippen molar-refractivity contribution in [3.8, 4) is 11.3 Å². The molecule has 0 bridgehead atoms. The van der Waals surface area contributed by atoms with Crippen LogP contribution in [0.15, 0.2) is 42.1 Å². The maximum absolute atomic E-state index is 9.44. The van der Waals surface area contributed by atoms with Crippen molar-refractivity contribution in [2.24, 2.45) is 0 Å². The lowest BCUT2D eigenvalue weighted by atomic mass is 10.0. The first-order valence-corrected chi connectivity index (χ1v) is 9.53. The van der Waals surface area contributed by atoms with E-state index < -0.39 is 0 Å². The van der Waals surface area contributed by atoms with E-state index in [1.165, 1.54) is 11.3 Å². The average Bonchev–Trinajstić information content (AvgIpc) is 3.11. The minimum atomic E-state index is 0.120. The molecular formula is C22H27N3O. The minimum absolute atomic E-state index is 0.120. The summed E-state index contributed by atoms with van der Waals surface area (Å²) >= 11 is 0. The van der Waals surface area contributed by atoms with Crippen molar-refractivity contribution in [2.45, 2.75) is 26.3 Å². The number of anilines is 1. The van der Waals surface area contributed by atoms with E-state index in [1.54, 1.807) is 0 Å². The molecular weight excluding hydrogens is 322 g/mol. The molecule has 2 heterocycles. The van der Waals surface area contributed by atoms with Crippen molar-refractivity contribution in [1.82, 2.24) is 9.88 Å². The van der Waals surface area contributed by atoms with Crippen LogP contribution >= 0.6 is 0 Å². The number of piperazine rings is 1. The van der Waals surface area contributed by atoms with Gasteiger partial charge in [0.2, 0.25) is 0 Å². The van der Waals surface area contributed by atoms with Gasteiger partial charge in [-0.05, 0) is 49.6 Å². The number of hydrogen-bond donors (Lipinski definition) is 1. The third-order valence-corrected chi connectivity index (χ3v) is 5.60. The highest BCUT2D eigenvalue weighted by Crippen LogP contribution is 2.33. The molecule has 4 heteroatoms. The van der Waals surface area contributed by atoms with Crippen LogP contribution in [-0.2, 0) is 6.42 Å². The van der Waals surface area contributed by atoms with E-state index in [0.29, 0.717) is 6.04 Å². The monoisotopic (exact) mass is 349 g/mol. The molecule has 1 fully saturated rings. The summed E-state index contributed by atoms with van der Waals surface area (Å²) in [5, 5.41) is 9.44. The van der Waals surface area contributed by atoms with Gasteiger partial charge >= 0.3 is 0 Å². The van der Waals surface area contributed by atoms with E-state index in [9.17, 15) is 5.11 Å². The zero-order chi connectivity index (χ0) is 18.1. The van der Waals surface area contributed by atoms with Gasteiger partial charge in [0.05, 0.1) is 12.3 Å². The van der Waals surface area contributed by atoms with Gasteiger partial charge < -0.3 is 10.0 Å². The van der Waals surface area contributed by atoms with Crippen LogP contribution in [0.1, 0.15) is 25.0 Å². The van der Waals surface area contributed by atoms with Crippen LogP contribution in [-0.4, -0.2) is 53.8 Å². The van der Waals surface area contributed by atoms with Crippen molar-refractivity contribution in [3.05, 3.63) is 53.2 Å². The lowest BCUT2D eigenvalue weighted by molar-refractivity contribution is 0.209. The SMILES string of the molecule is CC(C)N1CCN(c2ccc(-c3nccc4c3C=C(CO)C4)cc2)CC1. The molecule has 0 amide bonds. The second-order valence-electron chi connectivity index (χ2n) is 7.53. The second kappa shape index (κ2) is 7.22. The molecule has 2 aliphatic rings. The predicted molar refractivity (Wildman–Crippen MR) is 107 cm³/mol. The molecule has 4 rings (SSSR count). The van der Waals surface area contributed by atoms with Crippen molar-refractivity contribution in [3.63, 3.8) is 0 Å². The highest BCUT2D eigenvalue weighted by molar-refractivity contribution is 5.78. The number of nitrogens with zero attached hydrogens (tertiary/aromatic N) is 3. The summed E-state index contributed by atoms with van der Waals surface area (Å²) in [5.41, 5.74) is 6.93. The molecule has 0 radical (unpaired) electrons. The molecule has 136 valence electrons. The molecule has 1 saturated heterocycles.